The topological polar surface area (TPSA) is 50.3 Å². The number of hydrogen-bond acceptors (Lipinski definition) is 3. The first-order valence-electron chi connectivity index (χ1n) is 8.95. The molecule has 130 valence electrons. The average molecular weight is 336 g/mol. The number of Topliss-reactive ketones (excluding diaryl/α,β-unsaturated/α-hetero) is 1. The Labute approximate surface area is 148 Å². The lowest BCUT2D eigenvalue weighted by atomic mass is 9.90. The molecule has 1 fully saturated rings. The van der Waals surface area contributed by atoms with Crippen LogP contribution in [-0.2, 0) is 22.4 Å². The van der Waals surface area contributed by atoms with E-state index in [-0.39, 0.29) is 17.6 Å². The lowest BCUT2D eigenvalue weighted by Crippen LogP contribution is -2.43. The number of benzene rings is 1. The fourth-order valence-electron chi connectivity index (χ4n) is 3.37. The van der Waals surface area contributed by atoms with E-state index in [9.17, 15) is 9.59 Å². The highest BCUT2D eigenvalue weighted by Crippen LogP contribution is 2.20. The summed E-state index contributed by atoms with van der Waals surface area (Å²) in [6, 6.07) is 13.8. The molecule has 1 aromatic heterocycles. The Kier molecular flexibility index (Phi) is 5.94. The Morgan fingerprint density at radius 2 is 1.88 bits per heavy atom. The van der Waals surface area contributed by atoms with E-state index in [1.54, 1.807) is 12.4 Å². The maximum Gasteiger partial charge on any atom is 0.227 e. The summed E-state index contributed by atoms with van der Waals surface area (Å²) in [5, 5.41) is 0. The second kappa shape index (κ2) is 8.56. The van der Waals surface area contributed by atoms with Crippen molar-refractivity contribution in [1.82, 2.24) is 9.88 Å². The van der Waals surface area contributed by atoms with Crippen LogP contribution in [-0.4, -0.2) is 34.7 Å². The number of aromatic nitrogens is 1. The second-order valence-electron chi connectivity index (χ2n) is 6.67. The summed E-state index contributed by atoms with van der Waals surface area (Å²) in [7, 11) is 0. The normalized spacial score (nSPS) is 17.3. The van der Waals surface area contributed by atoms with Crippen molar-refractivity contribution < 1.29 is 9.59 Å². The molecule has 3 rings (SSSR count). The Morgan fingerprint density at radius 1 is 1.08 bits per heavy atom. The Balaban J connectivity index is 1.51. The largest absolute Gasteiger partial charge is 0.342 e. The highest BCUT2D eigenvalue weighted by molar-refractivity contribution is 5.83. The molecule has 1 aliphatic heterocycles. The van der Waals surface area contributed by atoms with Crippen LogP contribution in [0.2, 0.25) is 0 Å². The van der Waals surface area contributed by atoms with Gasteiger partial charge in [-0.15, -0.1) is 0 Å². The molecule has 1 amide bonds. The van der Waals surface area contributed by atoms with Gasteiger partial charge in [0, 0.05) is 37.8 Å². The number of carbonyl (C=O) groups is 2. The predicted molar refractivity (Wildman–Crippen MR) is 97.0 cm³/mol. The monoisotopic (exact) mass is 336 g/mol. The Hall–Kier alpha value is -2.49. The third-order valence-corrected chi connectivity index (χ3v) is 4.81. The fraction of sp³-hybridized carbons (Fsp3) is 0.381. The first-order valence-corrected chi connectivity index (χ1v) is 8.95. The van der Waals surface area contributed by atoms with Crippen LogP contribution in [0.5, 0.6) is 0 Å². The van der Waals surface area contributed by atoms with Crippen LogP contribution in [0.1, 0.15) is 30.4 Å². The lowest BCUT2D eigenvalue weighted by Gasteiger charge is -2.32. The van der Waals surface area contributed by atoms with Crippen LogP contribution in [0.4, 0.5) is 0 Å². The molecular formula is C21H24N2O2. The van der Waals surface area contributed by atoms with Crippen molar-refractivity contribution in [2.24, 2.45) is 5.92 Å². The molecule has 4 nitrogen and oxygen atoms in total. The number of piperidine rings is 1. The van der Waals surface area contributed by atoms with Crippen LogP contribution in [0.3, 0.4) is 0 Å². The second-order valence-corrected chi connectivity index (χ2v) is 6.67. The molecule has 0 N–H and O–H groups in total. The number of nitrogens with zero attached hydrogens (tertiary/aromatic N) is 2. The molecule has 0 bridgehead atoms. The molecule has 1 unspecified atom stereocenters. The van der Waals surface area contributed by atoms with E-state index < -0.39 is 0 Å². The van der Waals surface area contributed by atoms with Crippen molar-refractivity contribution in [3.8, 4) is 0 Å². The number of hydrogen-bond donors (Lipinski definition) is 0. The minimum absolute atomic E-state index is 0.0182. The number of ketones is 1. The molecule has 1 aromatic carbocycles. The van der Waals surface area contributed by atoms with Crippen molar-refractivity contribution in [2.45, 2.75) is 32.1 Å². The van der Waals surface area contributed by atoms with Gasteiger partial charge in [0.25, 0.3) is 0 Å². The lowest BCUT2D eigenvalue weighted by molar-refractivity contribution is -0.134. The summed E-state index contributed by atoms with van der Waals surface area (Å²) in [6.45, 7) is 1.31. The van der Waals surface area contributed by atoms with Crippen molar-refractivity contribution in [3.63, 3.8) is 0 Å². The van der Waals surface area contributed by atoms with E-state index in [1.807, 2.05) is 35.2 Å². The Morgan fingerprint density at radius 3 is 2.64 bits per heavy atom. The van der Waals surface area contributed by atoms with Gasteiger partial charge in [-0.05, 0) is 36.5 Å². The molecule has 1 aliphatic rings. The standard InChI is InChI=1S/C21H24N2O2/c24-20(11-10-17-6-2-1-3-7-17)19-9-5-13-23(16-19)21(25)14-18-8-4-12-22-15-18/h1-4,6-8,12,15,19H,5,9-11,13-14,16H2. The third-order valence-electron chi connectivity index (χ3n) is 4.81. The van der Waals surface area contributed by atoms with Gasteiger partial charge in [0.1, 0.15) is 5.78 Å². The zero-order chi connectivity index (χ0) is 17.5. The molecule has 4 heteroatoms. The minimum atomic E-state index is -0.0182. The molecule has 0 saturated carbocycles. The molecule has 25 heavy (non-hydrogen) atoms. The first-order chi connectivity index (χ1) is 12.2. The van der Waals surface area contributed by atoms with Gasteiger partial charge in [0.05, 0.1) is 6.42 Å². The van der Waals surface area contributed by atoms with Crippen LogP contribution in [0.15, 0.2) is 54.9 Å². The Bertz CT molecular complexity index is 700. The molecule has 2 heterocycles. The SMILES string of the molecule is O=C(CCc1ccccc1)C1CCCN(C(=O)Cc2cccnc2)C1. The zero-order valence-corrected chi connectivity index (χ0v) is 14.4. The summed E-state index contributed by atoms with van der Waals surface area (Å²) in [4.78, 5) is 31.0. The van der Waals surface area contributed by atoms with Gasteiger partial charge in [-0.25, -0.2) is 0 Å². The number of amides is 1. The minimum Gasteiger partial charge on any atom is -0.342 e. The maximum atomic E-state index is 12.5. The van der Waals surface area contributed by atoms with Crippen LogP contribution in [0.25, 0.3) is 0 Å². The van der Waals surface area contributed by atoms with Gasteiger partial charge in [-0.1, -0.05) is 36.4 Å². The molecule has 0 spiro atoms. The molecular weight excluding hydrogens is 312 g/mol. The third kappa shape index (κ3) is 4.99. The predicted octanol–water partition coefficient (Wildman–Crippen LogP) is 3.06. The summed E-state index contributed by atoms with van der Waals surface area (Å²) >= 11 is 0. The number of likely N-dealkylation sites (tertiary alicyclic amines) is 1. The van der Waals surface area contributed by atoms with Gasteiger partial charge in [-0.2, -0.15) is 0 Å². The van der Waals surface area contributed by atoms with Gasteiger partial charge in [-0.3, -0.25) is 14.6 Å². The summed E-state index contributed by atoms with van der Waals surface area (Å²) in [5.41, 5.74) is 2.11. The van der Waals surface area contributed by atoms with E-state index in [1.165, 1.54) is 5.56 Å². The summed E-state index contributed by atoms with van der Waals surface area (Å²) in [5.74, 6) is 0.353. The fourth-order valence-corrected chi connectivity index (χ4v) is 3.37. The van der Waals surface area contributed by atoms with Crippen LogP contribution < -0.4 is 0 Å². The van der Waals surface area contributed by atoms with Gasteiger partial charge in [0.2, 0.25) is 5.91 Å². The smallest absolute Gasteiger partial charge is 0.227 e. The van der Waals surface area contributed by atoms with E-state index in [0.717, 1.165) is 31.4 Å². The molecule has 2 aromatic rings. The van der Waals surface area contributed by atoms with E-state index >= 15 is 0 Å². The van der Waals surface area contributed by atoms with Gasteiger partial charge >= 0.3 is 0 Å². The van der Waals surface area contributed by atoms with Gasteiger partial charge in [0.15, 0.2) is 0 Å². The summed E-state index contributed by atoms with van der Waals surface area (Å²) in [6.07, 6.45) is 6.92. The molecule has 0 aliphatic carbocycles. The highest BCUT2D eigenvalue weighted by atomic mass is 16.2. The van der Waals surface area contributed by atoms with E-state index in [2.05, 4.69) is 17.1 Å². The molecule has 1 saturated heterocycles. The van der Waals surface area contributed by atoms with E-state index in [4.69, 9.17) is 0 Å². The highest BCUT2D eigenvalue weighted by Gasteiger charge is 2.27. The zero-order valence-electron chi connectivity index (χ0n) is 14.4. The van der Waals surface area contributed by atoms with Crippen LogP contribution in [0, 0.1) is 5.92 Å². The van der Waals surface area contributed by atoms with Gasteiger partial charge < -0.3 is 4.90 Å². The van der Waals surface area contributed by atoms with Crippen molar-refractivity contribution in [3.05, 3.63) is 66.0 Å². The maximum absolute atomic E-state index is 12.5. The van der Waals surface area contributed by atoms with Crippen LogP contribution >= 0.6 is 0 Å². The van der Waals surface area contributed by atoms with Crippen molar-refractivity contribution in [1.29, 1.82) is 0 Å². The molecule has 1 atom stereocenters. The number of pyridine rings is 1. The average Bonchev–Trinajstić information content (AvgIpc) is 2.68. The molecule has 0 radical (unpaired) electrons. The number of aryl methyl sites for hydroxylation is 1. The van der Waals surface area contributed by atoms with Crippen molar-refractivity contribution >= 4 is 11.7 Å². The van der Waals surface area contributed by atoms with E-state index in [0.29, 0.717) is 19.4 Å². The summed E-state index contributed by atoms with van der Waals surface area (Å²) < 4.78 is 0. The first kappa shape index (κ1) is 17.3. The quantitative estimate of drug-likeness (QED) is 0.814. The number of carbonyl (C=O) groups excluding carboxylic acids is 2. The number of rotatable bonds is 6. The van der Waals surface area contributed by atoms with Crippen molar-refractivity contribution in [2.75, 3.05) is 13.1 Å².